The number of aromatic amines is 1. The predicted octanol–water partition coefficient (Wildman–Crippen LogP) is 4.70. The van der Waals surface area contributed by atoms with Crippen molar-refractivity contribution in [1.82, 2.24) is 25.5 Å². The Bertz CT molecular complexity index is 1650. The van der Waals surface area contributed by atoms with E-state index in [-0.39, 0.29) is 18.4 Å². The molecule has 5 aromatic rings. The number of nitrogens with one attached hydrogen (secondary N) is 3. The molecule has 0 aliphatic carbocycles. The van der Waals surface area contributed by atoms with E-state index in [9.17, 15) is 14.7 Å². The molecular weight excluding hydrogens is 546 g/mol. The van der Waals surface area contributed by atoms with Crippen molar-refractivity contribution >= 4 is 34.1 Å². The number of carbonyl (C=O) groups is 2. The summed E-state index contributed by atoms with van der Waals surface area (Å²) < 4.78 is 0. The van der Waals surface area contributed by atoms with Gasteiger partial charge in [-0.1, -0.05) is 54.6 Å². The number of amides is 2. The lowest BCUT2D eigenvalue weighted by Crippen LogP contribution is -2.48. The second-order valence-corrected chi connectivity index (χ2v) is 11.4. The van der Waals surface area contributed by atoms with Crippen molar-refractivity contribution in [3.63, 3.8) is 0 Å². The molecule has 2 atom stereocenters. The molecule has 0 aliphatic heterocycles. The molecule has 0 fully saturated rings. The van der Waals surface area contributed by atoms with E-state index in [0.717, 1.165) is 32.7 Å². The molecule has 3 aromatic carbocycles. The van der Waals surface area contributed by atoms with E-state index in [0.29, 0.717) is 30.6 Å². The fraction of sp³-hybridized carbons (Fsp3) is 0.242. The number of aliphatic hydroxyl groups is 1. The van der Waals surface area contributed by atoms with Gasteiger partial charge in [-0.2, -0.15) is 0 Å². The fourth-order valence-corrected chi connectivity index (χ4v) is 5.79. The van der Waals surface area contributed by atoms with E-state index < -0.39 is 12.1 Å². The number of aliphatic hydroxyl groups excluding tert-OH is 1. The van der Waals surface area contributed by atoms with Crippen LogP contribution in [0.4, 0.5) is 0 Å². The highest BCUT2D eigenvalue weighted by Crippen LogP contribution is 2.17. The SMILES string of the molecule is Cc1csc(CN(C)C(=O)c2cccc(C(=O)N[C@@H](Cc3ccccc3)[C@H](O)CNCc3cccc4cc[nH]c34)c2)n1. The van der Waals surface area contributed by atoms with Gasteiger partial charge in [0.1, 0.15) is 5.01 Å². The Morgan fingerprint density at radius 3 is 2.60 bits per heavy atom. The Morgan fingerprint density at radius 1 is 1.02 bits per heavy atom. The standard InChI is InChI=1S/C33H35N5O3S/c1-22-21-42-30(36-22)20-38(2)33(41)26-12-7-11-25(17-26)32(40)37-28(16-23-8-4-3-5-9-23)29(39)19-34-18-27-13-6-10-24-14-15-35-31(24)27/h3-15,17,21,28-29,34-35,39H,16,18-20H2,1-2H3,(H,37,40)/t28-,29+/m0/s1. The summed E-state index contributed by atoms with van der Waals surface area (Å²) in [6.07, 6.45) is 1.52. The third-order valence-electron chi connectivity index (χ3n) is 7.18. The molecule has 0 saturated heterocycles. The monoisotopic (exact) mass is 581 g/mol. The van der Waals surface area contributed by atoms with Crippen LogP contribution in [0.3, 0.4) is 0 Å². The quantitative estimate of drug-likeness (QED) is 0.171. The molecule has 0 saturated carbocycles. The van der Waals surface area contributed by atoms with Crippen LogP contribution in [0.5, 0.6) is 0 Å². The maximum Gasteiger partial charge on any atom is 0.253 e. The van der Waals surface area contributed by atoms with Crippen LogP contribution >= 0.6 is 11.3 Å². The van der Waals surface area contributed by atoms with Crippen LogP contribution in [-0.4, -0.2) is 57.5 Å². The average Bonchev–Trinajstić information content (AvgIpc) is 3.66. The van der Waals surface area contributed by atoms with Crippen molar-refractivity contribution < 1.29 is 14.7 Å². The van der Waals surface area contributed by atoms with Crippen LogP contribution < -0.4 is 10.6 Å². The van der Waals surface area contributed by atoms with Crippen LogP contribution in [0.1, 0.15) is 42.5 Å². The first-order chi connectivity index (χ1) is 20.4. The second-order valence-electron chi connectivity index (χ2n) is 10.5. The topological polar surface area (TPSA) is 110 Å². The van der Waals surface area contributed by atoms with Gasteiger partial charge in [-0.3, -0.25) is 9.59 Å². The van der Waals surface area contributed by atoms with Gasteiger partial charge in [0.25, 0.3) is 11.8 Å². The van der Waals surface area contributed by atoms with E-state index >= 15 is 0 Å². The van der Waals surface area contributed by atoms with Crippen molar-refractivity contribution in [1.29, 1.82) is 0 Å². The number of aromatic nitrogens is 2. The number of rotatable bonds is 12. The van der Waals surface area contributed by atoms with Crippen LogP contribution in [0.15, 0.2) is 90.4 Å². The van der Waals surface area contributed by atoms with Crippen molar-refractivity contribution in [2.75, 3.05) is 13.6 Å². The van der Waals surface area contributed by atoms with Gasteiger partial charge < -0.3 is 25.6 Å². The Hall–Kier alpha value is -4.31. The zero-order valence-corrected chi connectivity index (χ0v) is 24.5. The van der Waals surface area contributed by atoms with E-state index in [2.05, 4.69) is 26.7 Å². The fourth-order valence-electron chi connectivity index (χ4n) is 4.96. The van der Waals surface area contributed by atoms with Crippen molar-refractivity contribution in [3.8, 4) is 0 Å². The Kier molecular flexibility index (Phi) is 9.43. The molecule has 2 amide bonds. The molecular formula is C33H35N5O3S. The average molecular weight is 582 g/mol. The van der Waals surface area contributed by atoms with E-state index in [1.165, 1.54) is 11.3 Å². The third-order valence-corrected chi connectivity index (χ3v) is 8.13. The minimum Gasteiger partial charge on any atom is -0.390 e. The van der Waals surface area contributed by atoms with Crippen LogP contribution in [-0.2, 0) is 19.5 Å². The Morgan fingerprint density at radius 2 is 1.81 bits per heavy atom. The molecule has 2 heterocycles. The summed E-state index contributed by atoms with van der Waals surface area (Å²) in [4.78, 5) is 35.8. The molecule has 0 spiro atoms. The molecule has 9 heteroatoms. The number of thiazole rings is 1. The zero-order valence-electron chi connectivity index (χ0n) is 23.7. The molecule has 4 N–H and O–H groups in total. The summed E-state index contributed by atoms with van der Waals surface area (Å²) >= 11 is 1.51. The van der Waals surface area contributed by atoms with Gasteiger partial charge in [-0.15, -0.1) is 11.3 Å². The van der Waals surface area contributed by atoms with Gasteiger partial charge in [-0.05, 0) is 54.1 Å². The number of H-pyrrole nitrogens is 1. The highest BCUT2D eigenvalue weighted by Gasteiger charge is 2.23. The minimum absolute atomic E-state index is 0.195. The first-order valence-electron chi connectivity index (χ1n) is 13.9. The number of hydrogen-bond donors (Lipinski definition) is 4. The van der Waals surface area contributed by atoms with E-state index in [4.69, 9.17) is 0 Å². The third kappa shape index (κ3) is 7.30. The molecule has 5 rings (SSSR count). The second kappa shape index (κ2) is 13.6. The van der Waals surface area contributed by atoms with E-state index in [1.807, 2.05) is 67.0 Å². The lowest BCUT2D eigenvalue weighted by Gasteiger charge is -2.25. The summed E-state index contributed by atoms with van der Waals surface area (Å²) in [5.74, 6) is -0.543. The number of benzene rings is 3. The van der Waals surface area contributed by atoms with Gasteiger partial charge in [0.15, 0.2) is 0 Å². The van der Waals surface area contributed by atoms with Gasteiger partial charge in [0.2, 0.25) is 0 Å². The van der Waals surface area contributed by atoms with E-state index in [1.54, 1.807) is 36.2 Å². The molecule has 42 heavy (non-hydrogen) atoms. The summed E-state index contributed by atoms with van der Waals surface area (Å²) in [5, 5.41) is 21.5. The summed E-state index contributed by atoms with van der Waals surface area (Å²) in [6.45, 7) is 3.17. The molecule has 0 bridgehead atoms. The summed E-state index contributed by atoms with van der Waals surface area (Å²) in [7, 11) is 1.72. The highest BCUT2D eigenvalue weighted by molar-refractivity contribution is 7.09. The normalized spacial score (nSPS) is 12.6. The highest BCUT2D eigenvalue weighted by atomic mass is 32.1. The largest absolute Gasteiger partial charge is 0.390 e. The first kappa shape index (κ1) is 29.2. The maximum absolute atomic E-state index is 13.4. The summed E-state index contributed by atoms with van der Waals surface area (Å²) in [6, 6.07) is 24.0. The number of hydrogen-bond acceptors (Lipinski definition) is 6. The maximum atomic E-state index is 13.4. The van der Waals surface area contributed by atoms with Crippen molar-refractivity contribution in [3.05, 3.63) is 123 Å². The predicted molar refractivity (Wildman–Crippen MR) is 167 cm³/mol. The van der Waals surface area contributed by atoms with Gasteiger partial charge in [-0.25, -0.2) is 4.98 Å². The number of fused-ring (bicyclic) bond motifs is 1. The lowest BCUT2D eigenvalue weighted by atomic mass is 10.00. The van der Waals surface area contributed by atoms with Crippen LogP contribution in [0.25, 0.3) is 10.9 Å². The summed E-state index contributed by atoms with van der Waals surface area (Å²) in [5.41, 5.74) is 4.87. The Labute approximate surface area is 249 Å². The smallest absolute Gasteiger partial charge is 0.253 e. The van der Waals surface area contributed by atoms with Crippen LogP contribution in [0, 0.1) is 6.92 Å². The molecule has 216 valence electrons. The molecule has 0 radical (unpaired) electrons. The lowest BCUT2D eigenvalue weighted by molar-refractivity contribution is 0.0784. The molecule has 8 nitrogen and oxygen atoms in total. The number of carbonyl (C=O) groups excluding carboxylic acids is 2. The van der Waals surface area contributed by atoms with Crippen molar-refractivity contribution in [2.24, 2.45) is 0 Å². The number of aryl methyl sites for hydroxylation is 1. The minimum atomic E-state index is -0.852. The van der Waals surface area contributed by atoms with Gasteiger partial charge in [0.05, 0.1) is 18.7 Å². The van der Waals surface area contributed by atoms with Crippen LogP contribution in [0.2, 0.25) is 0 Å². The van der Waals surface area contributed by atoms with Gasteiger partial charge in [0, 0.05) is 54.1 Å². The zero-order chi connectivity index (χ0) is 29.5. The molecule has 0 aliphatic rings. The molecule has 2 aromatic heterocycles. The van der Waals surface area contributed by atoms with Gasteiger partial charge >= 0.3 is 0 Å². The molecule has 0 unspecified atom stereocenters. The number of para-hydroxylation sites is 1. The Balaban J connectivity index is 1.25. The van der Waals surface area contributed by atoms with Crippen molar-refractivity contribution in [2.45, 2.75) is 38.6 Å². The number of nitrogens with zero attached hydrogens (tertiary/aromatic N) is 2. The first-order valence-corrected chi connectivity index (χ1v) is 14.8.